The molecule has 1 saturated heterocycles. The van der Waals surface area contributed by atoms with Crippen molar-refractivity contribution in [2.45, 2.75) is 26.0 Å². The second kappa shape index (κ2) is 4.68. The lowest BCUT2D eigenvalue weighted by molar-refractivity contribution is 0.0233. The second-order valence-corrected chi connectivity index (χ2v) is 5.06. The van der Waals surface area contributed by atoms with Gasteiger partial charge in [-0.05, 0) is 46.9 Å². The molecule has 2 rings (SSSR count). The Labute approximate surface area is 98.2 Å². The number of aliphatic hydroxyl groups excluding tert-OH is 1. The predicted molar refractivity (Wildman–Crippen MR) is 61.5 cm³/mol. The average molecular weight is 274 g/mol. The van der Waals surface area contributed by atoms with Crippen LogP contribution in [0.15, 0.2) is 21.2 Å². The molecule has 1 aromatic heterocycles. The molecule has 1 aromatic rings. The highest BCUT2D eigenvalue weighted by Crippen LogP contribution is 2.20. The lowest BCUT2D eigenvalue weighted by Gasteiger charge is -2.33. The van der Waals surface area contributed by atoms with E-state index in [1.807, 2.05) is 12.1 Å². The fourth-order valence-corrected chi connectivity index (χ4v) is 2.26. The fraction of sp³-hybridized carbons (Fsp3) is 0.636. The number of aliphatic hydroxyl groups is 1. The van der Waals surface area contributed by atoms with Crippen LogP contribution < -0.4 is 0 Å². The Balaban J connectivity index is 1.90. The molecule has 1 aliphatic rings. The molecule has 15 heavy (non-hydrogen) atoms. The largest absolute Gasteiger partial charge is 0.453 e. The molecule has 1 aliphatic heterocycles. The van der Waals surface area contributed by atoms with Crippen molar-refractivity contribution < 1.29 is 9.52 Å². The molecule has 0 saturated carbocycles. The van der Waals surface area contributed by atoms with E-state index in [0.717, 1.165) is 36.5 Å². The van der Waals surface area contributed by atoms with Crippen molar-refractivity contribution in [3.63, 3.8) is 0 Å². The summed E-state index contributed by atoms with van der Waals surface area (Å²) in [5.41, 5.74) is 0. The molecule has 3 nitrogen and oxygen atoms in total. The Morgan fingerprint density at radius 3 is 3.00 bits per heavy atom. The zero-order valence-corrected chi connectivity index (χ0v) is 10.4. The summed E-state index contributed by atoms with van der Waals surface area (Å²) in [6.45, 7) is 4.68. The third kappa shape index (κ3) is 2.83. The van der Waals surface area contributed by atoms with Crippen LogP contribution in [0.25, 0.3) is 0 Å². The molecule has 84 valence electrons. The lowest BCUT2D eigenvalue weighted by atomic mass is 9.96. The minimum atomic E-state index is -0.197. The Kier molecular flexibility index (Phi) is 3.49. The first-order valence-corrected chi connectivity index (χ1v) is 6.09. The van der Waals surface area contributed by atoms with Crippen molar-refractivity contribution in [3.05, 3.63) is 22.6 Å². The van der Waals surface area contributed by atoms with Crippen molar-refractivity contribution >= 4 is 15.9 Å². The van der Waals surface area contributed by atoms with Gasteiger partial charge in [-0.15, -0.1) is 0 Å². The fourth-order valence-electron chi connectivity index (χ4n) is 1.92. The van der Waals surface area contributed by atoms with E-state index in [1.54, 1.807) is 0 Å². The van der Waals surface area contributed by atoms with Crippen LogP contribution >= 0.6 is 15.9 Å². The molecule has 2 atom stereocenters. The molecule has 4 heteroatoms. The van der Waals surface area contributed by atoms with Crippen LogP contribution in [0, 0.1) is 5.92 Å². The van der Waals surface area contributed by atoms with E-state index >= 15 is 0 Å². The first kappa shape index (κ1) is 11.2. The number of rotatable bonds is 2. The van der Waals surface area contributed by atoms with Crippen molar-refractivity contribution in [1.82, 2.24) is 4.90 Å². The minimum Gasteiger partial charge on any atom is -0.453 e. The van der Waals surface area contributed by atoms with Gasteiger partial charge in [-0.25, -0.2) is 0 Å². The maximum absolute atomic E-state index is 9.75. The van der Waals surface area contributed by atoms with Gasteiger partial charge >= 0.3 is 0 Å². The van der Waals surface area contributed by atoms with Crippen LogP contribution in [0.3, 0.4) is 0 Å². The standard InChI is InChI=1S/C11H16BrNO2/c1-8-4-5-13(7-10(8)14)6-9-2-3-11(12)15-9/h2-3,8,10,14H,4-7H2,1H3. The lowest BCUT2D eigenvalue weighted by Crippen LogP contribution is -2.42. The second-order valence-electron chi connectivity index (χ2n) is 4.27. The smallest absolute Gasteiger partial charge is 0.169 e. The van der Waals surface area contributed by atoms with Crippen LogP contribution in [-0.4, -0.2) is 29.2 Å². The number of β-amino-alcohol motifs (C(OH)–C–C–N with tert-alkyl or cyclic N) is 1. The van der Waals surface area contributed by atoms with Crippen LogP contribution in [0.4, 0.5) is 0 Å². The Morgan fingerprint density at radius 1 is 1.60 bits per heavy atom. The van der Waals surface area contributed by atoms with Crippen molar-refractivity contribution in [2.24, 2.45) is 5.92 Å². The van der Waals surface area contributed by atoms with E-state index in [-0.39, 0.29) is 6.10 Å². The summed E-state index contributed by atoms with van der Waals surface area (Å²) in [5.74, 6) is 1.37. The summed E-state index contributed by atoms with van der Waals surface area (Å²) >= 11 is 3.28. The minimum absolute atomic E-state index is 0.197. The number of halogens is 1. The quantitative estimate of drug-likeness (QED) is 0.898. The van der Waals surface area contributed by atoms with Crippen molar-refractivity contribution in [1.29, 1.82) is 0 Å². The van der Waals surface area contributed by atoms with Gasteiger partial charge in [0.1, 0.15) is 5.76 Å². The number of hydrogen-bond acceptors (Lipinski definition) is 3. The monoisotopic (exact) mass is 273 g/mol. The third-order valence-corrected chi connectivity index (χ3v) is 3.44. The van der Waals surface area contributed by atoms with E-state index in [4.69, 9.17) is 4.42 Å². The van der Waals surface area contributed by atoms with Crippen molar-refractivity contribution in [3.8, 4) is 0 Å². The van der Waals surface area contributed by atoms with Gasteiger partial charge < -0.3 is 9.52 Å². The highest BCUT2D eigenvalue weighted by molar-refractivity contribution is 9.10. The van der Waals surface area contributed by atoms with Gasteiger partial charge in [0, 0.05) is 6.54 Å². The number of hydrogen-bond donors (Lipinski definition) is 1. The molecule has 0 aromatic carbocycles. The van der Waals surface area contributed by atoms with Gasteiger partial charge in [-0.3, -0.25) is 4.90 Å². The molecule has 0 aliphatic carbocycles. The van der Waals surface area contributed by atoms with Gasteiger partial charge in [-0.1, -0.05) is 6.92 Å². The Morgan fingerprint density at radius 2 is 2.40 bits per heavy atom. The molecule has 0 spiro atoms. The number of piperidine rings is 1. The van der Waals surface area contributed by atoms with Crippen molar-refractivity contribution in [2.75, 3.05) is 13.1 Å². The third-order valence-electron chi connectivity index (χ3n) is 3.01. The first-order valence-electron chi connectivity index (χ1n) is 5.30. The van der Waals surface area contributed by atoms with E-state index in [2.05, 4.69) is 27.8 Å². The summed E-state index contributed by atoms with van der Waals surface area (Å²) in [6, 6.07) is 3.87. The van der Waals surface area contributed by atoms with Gasteiger partial charge in [0.15, 0.2) is 4.67 Å². The molecule has 0 amide bonds. The van der Waals surface area contributed by atoms with Gasteiger partial charge in [0.05, 0.1) is 12.6 Å². The molecular weight excluding hydrogens is 258 g/mol. The SMILES string of the molecule is CC1CCN(Cc2ccc(Br)o2)CC1O. The molecule has 2 heterocycles. The normalized spacial score (nSPS) is 28.2. The Hall–Kier alpha value is -0.320. The van der Waals surface area contributed by atoms with Crippen LogP contribution in [0.5, 0.6) is 0 Å². The van der Waals surface area contributed by atoms with Crippen LogP contribution in [-0.2, 0) is 6.54 Å². The van der Waals surface area contributed by atoms with E-state index in [0.29, 0.717) is 5.92 Å². The maximum atomic E-state index is 9.75. The van der Waals surface area contributed by atoms with Crippen LogP contribution in [0.2, 0.25) is 0 Å². The number of likely N-dealkylation sites (tertiary alicyclic amines) is 1. The van der Waals surface area contributed by atoms with Gasteiger partial charge in [0.25, 0.3) is 0 Å². The Bertz CT molecular complexity index is 326. The summed E-state index contributed by atoms with van der Waals surface area (Å²) < 4.78 is 6.21. The topological polar surface area (TPSA) is 36.6 Å². The van der Waals surface area contributed by atoms with E-state index in [1.165, 1.54) is 0 Å². The molecule has 2 unspecified atom stereocenters. The highest BCUT2D eigenvalue weighted by atomic mass is 79.9. The van der Waals surface area contributed by atoms with E-state index < -0.39 is 0 Å². The molecular formula is C11H16BrNO2. The summed E-state index contributed by atoms with van der Waals surface area (Å²) in [7, 11) is 0. The molecule has 1 fully saturated rings. The zero-order valence-electron chi connectivity index (χ0n) is 8.82. The maximum Gasteiger partial charge on any atom is 0.169 e. The zero-order chi connectivity index (χ0) is 10.8. The number of furan rings is 1. The first-order chi connectivity index (χ1) is 7.15. The van der Waals surface area contributed by atoms with E-state index in [9.17, 15) is 5.11 Å². The predicted octanol–water partition coefficient (Wildman–Crippen LogP) is 2.24. The summed E-state index contributed by atoms with van der Waals surface area (Å²) in [5, 5.41) is 9.75. The molecule has 0 radical (unpaired) electrons. The summed E-state index contributed by atoms with van der Waals surface area (Å²) in [6.07, 6.45) is 0.861. The average Bonchev–Trinajstić information content (AvgIpc) is 2.58. The molecule has 1 N–H and O–H groups in total. The summed E-state index contributed by atoms with van der Waals surface area (Å²) in [4.78, 5) is 2.23. The van der Waals surface area contributed by atoms with Gasteiger partial charge in [-0.2, -0.15) is 0 Å². The van der Waals surface area contributed by atoms with Gasteiger partial charge in [0.2, 0.25) is 0 Å². The highest BCUT2D eigenvalue weighted by Gasteiger charge is 2.24. The number of nitrogens with zero attached hydrogens (tertiary/aromatic N) is 1. The van der Waals surface area contributed by atoms with Crippen LogP contribution in [0.1, 0.15) is 19.1 Å². The molecule has 0 bridgehead atoms.